The molecule has 2 rings (SSSR count). The lowest BCUT2D eigenvalue weighted by Gasteiger charge is -2.19. The molecule has 0 aliphatic carbocycles. The van der Waals surface area contributed by atoms with Crippen LogP contribution >= 0.6 is 0 Å². The fourth-order valence-electron chi connectivity index (χ4n) is 1.54. The first-order valence-electron chi connectivity index (χ1n) is 5.51. The van der Waals surface area contributed by atoms with Crippen LogP contribution in [0.5, 0.6) is 0 Å². The van der Waals surface area contributed by atoms with Crippen molar-refractivity contribution < 1.29 is 9.53 Å². The summed E-state index contributed by atoms with van der Waals surface area (Å²) in [6.45, 7) is 5.41. The van der Waals surface area contributed by atoms with E-state index in [1.165, 1.54) is 10.9 Å². The number of nitriles is 1. The summed E-state index contributed by atoms with van der Waals surface area (Å²) in [7, 11) is 0. The van der Waals surface area contributed by atoms with Crippen molar-refractivity contribution in [1.29, 1.82) is 5.26 Å². The number of nitrogens with zero attached hydrogens (tertiary/aromatic N) is 3. The van der Waals surface area contributed by atoms with Gasteiger partial charge >= 0.3 is 6.09 Å². The van der Waals surface area contributed by atoms with E-state index < -0.39 is 11.7 Å². The SMILES string of the molecule is CC(C)(C)OC(=O)n1cnc2cc(C#N)ccc21. The monoisotopic (exact) mass is 243 g/mol. The first-order valence-corrected chi connectivity index (χ1v) is 5.51. The highest BCUT2D eigenvalue weighted by Gasteiger charge is 2.19. The summed E-state index contributed by atoms with van der Waals surface area (Å²) in [4.78, 5) is 16.0. The Morgan fingerprint density at radius 2 is 2.17 bits per heavy atom. The lowest BCUT2D eigenvalue weighted by atomic mass is 10.2. The van der Waals surface area contributed by atoms with Crippen molar-refractivity contribution in [3.05, 3.63) is 30.1 Å². The molecule has 18 heavy (non-hydrogen) atoms. The van der Waals surface area contributed by atoms with Gasteiger partial charge in [0.25, 0.3) is 0 Å². The molecule has 1 aromatic heterocycles. The molecule has 1 heterocycles. The van der Waals surface area contributed by atoms with Crippen LogP contribution < -0.4 is 0 Å². The Kier molecular flexibility index (Phi) is 2.79. The zero-order valence-electron chi connectivity index (χ0n) is 10.5. The third-order valence-electron chi connectivity index (χ3n) is 2.27. The van der Waals surface area contributed by atoms with E-state index in [-0.39, 0.29) is 0 Å². The van der Waals surface area contributed by atoms with Gasteiger partial charge in [-0.2, -0.15) is 5.26 Å². The minimum Gasteiger partial charge on any atom is -0.443 e. The van der Waals surface area contributed by atoms with Crippen molar-refractivity contribution in [3.63, 3.8) is 0 Å². The van der Waals surface area contributed by atoms with Gasteiger partial charge in [-0.25, -0.2) is 14.3 Å². The molecule has 0 saturated carbocycles. The van der Waals surface area contributed by atoms with Gasteiger partial charge in [0.05, 0.1) is 22.7 Å². The summed E-state index contributed by atoms with van der Waals surface area (Å²) in [6, 6.07) is 6.99. The topological polar surface area (TPSA) is 67.9 Å². The van der Waals surface area contributed by atoms with Crippen molar-refractivity contribution in [1.82, 2.24) is 9.55 Å². The summed E-state index contributed by atoms with van der Waals surface area (Å²) < 4.78 is 6.60. The van der Waals surface area contributed by atoms with Gasteiger partial charge in [0.15, 0.2) is 0 Å². The Balaban J connectivity index is 2.42. The number of aromatic nitrogens is 2. The van der Waals surface area contributed by atoms with Crippen LogP contribution in [0.15, 0.2) is 24.5 Å². The molecule has 5 nitrogen and oxygen atoms in total. The Bertz CT molecular complexity index is 644. The molecule has 0 atom stereocenters. The van der Waals surface area contributed by atoms with Crippen LogP contribution in [-0.2, 0) is 4.74 Å². The third kappa shape index (κ3) is 2.33. The molecule has 0 radical (unpaired) electrons. The highest BCUT2D eigenvalue weighted by molar-refractivity contribution is 5.87. The van der Waals surface area contributed by atoms with E-state index in [9.17, 15) is 4.79 Å². The number of hydrogen-bond acceptors (Lipinski definition) is 4. The van der Waals surface area contributed by atoms with E-state index >= 15 is 0 Å². The first-order chi connectivity index (χ1) is 8.40. The number of carbonyl (C=O) groups is 1. The Morgan fingerprint density at radius 3 is 2.78 bits per heavy atom. The highest BCUT2D eigenvalue weighted by Crippen LogP contribution is 2.17. The maximum atomic E-state index is 11.9. The van der Waals surface area contributed by atoms with Crippen LogP contribution in [0.1, 0.15) is 26.3 Å². The zero-order chi connectivity index (χ0) is 13.3. The standard InChI is InChI=1S/C13H13N3O2/c1-13(2,3)18-12(17)16-8-15-10-6-9(7-14)4-5-11(10)16/h4-6,8H,1-3H3. The largest absolute Gasteiger partial charge is 0.443 e. The molecule has 0 bridgehead atoms. The number of hydrogen-bond donors (Lipinski definition) is 0. The van der Waals surface area contributed by atoms with Crippen molar-refractivity contribution in [2.24, 2.45) is 0 Å². The second kappa shape index (κ2) is 4.15. The van der Waals surface area contributed by atoms with Crippen LogP contribution in [-0.4, -0.2) is 21.2 Å². The van der Waals surface area contributed by atoms with E-state index in [4.69, 9.17) is 10.00 Å². The number of rotatable bonds is 0. The predicted molar refractivity (Wildman–Crippen MR) is 66.1 cm³/mol. The van der Waals surface area contributed by atoms with Gasteiger partial charge in [-0.3, -0.25) is 0 Å². The average Bonchev–Trinajstić information content (AvgIpc) is 2.69. The number of benzene rings is 1. The number of ether oxygens (including phenoxy) is 1. The van der Waals surface area contributed by atoms with Crippen LogP contribution in [0, 0.1) is 11.3 Å². The van der Waals surface area contributed by atoms with E-state index in [0.717, 1.165) is 0 Å². The van der Waals surface area contributed by atoms with Crippen LogP contribution in [0.3, 0.4) is 0 Å². The van der Waals surface area contributed by atoms with Gasteiger partial charge in [0.2, 0.25) is 0 Å². The van der Waals surface area contributed by atoms with Gasteiger partial charge < -0.3 is 4.74 Å². The van der Waals surface area contributed by atoms with Gasteiger partial charge in [-0.05, 0) is 39.0 Å². The molecular formula is C13H13N3O2. The van der Waals surface area contributed by atoms with E-state index in [0.29, 0.717) is 16.6 Å². The third-order valence-corrected chi connectivity index (χ3v) is 2.27. The predicted octanol–water partition coefficient (Wildman–Crippen LogP) is 2.69. The molecule has 0 aliphatic rings. The maximum Gasteiger partial charge on any atom is 0.420 e. The van der Waals surface area contributed by atoms with Gasteiger partial charge in [0.1, 0.15) is 11.9 Å². The average molecular weight is 243 g/mol. The molecule has 0 spiro atoms. The zero-order valence-corrected chi connectivity index (χ0v) is 10.5. The minimum absolute atomic E-state index is 0.477. The van der Waals surface area contributed by atoms with Crippen molar-refractivity contribution in [2.45, 2.75) is 26.4 Å². The number of imidazole rings is 1. The smallest absolute Gasteiger partial charge is 0.420 e. The Labute approximate surface area is 105 Å². The minimum atomic E-state index is -0.555. The highest BCUT2D eigenvalue weighted by atomic mass is 16.6. The summed E-state index contributed by atoms with van der Waals surface area (Å²) in [5, 5.41) is 8.79. The summed E-state index contributed by atoms with van der Waals surface area (Å²) in [5.41, 5.74) is 1.18. The van der Waals surface area contributed by atoms with Gasteiger partial charge in [-0.15, -0.1) is 0 Å². The van der Waals surface area contributed by atoms with E-state index in [1.807, 2.05) is 6.07 Å². The number of fused-ring (bicyclic) bond motifs is 1. The summed E-state index contributed by atoms with van der Waals surface area (Å²) in [5.74, 6) is 0. The lowest BCUT2D eigenvalue weighted by Crippen LogP contribution is -2.26. The summed E-state index contributed by atoms with van der Waals surface area (Å²) >= 11 is 0. The van der Waals surface area contributed by atoms with Crippen molar-refractivity contribution in [3.8, 4) is 6.07 Å². The Morgan fingerprint density at radius 1 is 1.44 bits per heavy atom. The Hall–Kier alpha value is -2.35. The molecule has 1 aromatic carbocycles. The molecular weight excluding hydrogens is 230 g/mol. The second-order valence-electron chi connectivity index (χ2n) is 4.91. The number of carbonyl (C=O) groups excluding carboxylic acids is 1. The quantitative estimate of drug-likeness (QED) is 0.713. The molecule has 0 N–H and O–H groups in total. The molecule has 92 valence electrons. The molecule has 2 aromatic rings. The van der Waals surface area contributed by atoms with Crippen LogP contribution in [0.2, 0.25) is 0 Å². The second-order valence-corrected chi connectivity index (χ2v) is 4.91. The van der Waals surface area contributed by atoms with Crippen molar-refractivity contribution >= 4 is 17.1 Å². The normalized spacial score (nSPS) is 11.2. The molecule has 5 heteroatoms. The van der Waals surface area contributed by atoms with Gasteiger partial charge in [0, 0.05) is 0 Å². The van der Waals surface area contributed by atoms with E-state index in [2.05, 4.69) is 4.98 Å². The van der Waals surface area contributed by atoms with Crippen LogP contribution in [0.4, 0.5) is 4.79 Å². The maximum absolute atomic E-state index is 11.9. The van der Waals surface area contributed by atoms with E-state index in [1.54, 1.807) is 39.0 Å². The van der Waals surface area contributed by atoms with Crippen molar-refractivity contribution in [2.75, 3.05) is 0 Å². The fourth-order valence-corrected chi connectivity index (χ4v) is 1.54. The molecule has 0 aliphatic heterocycles. The van der Waals surface area contributed by atoms with Gasteiger partial charge in [-0.1, -0.05) is 0 Å². The van der Waals surface area contributed by atoms with Crippen LogP contribution in [0.25, 0.3) is 11.0 Å². The summed E-state index contributed by atoms with van der Waals surface area (Å²) in [6.07, 6.45) is 0.926. The molecule has 0 unspecified atom stereocenters. The lowest BCUT2D eigenvalue weighted by molar-refractivity contribution is 0.0543. The molecule has 0 amide bonds. The molecule has 0 fully saturated rings. The fraction of sp³-hybridized carbons (Fsp3) is 0.308. The molecule has 0 saturated heterocycles. The first kappa shape index (κ1) is 12.1.